The standard InChI is InChI=1S/C20H25ClFN5O/c1-13-15(12-16-17(21)6-5-7-18(16)22)19(24-14(2)23-13)26-8-10-27(11-9-26)20(28)25(3)4/h5-7H,8-12H2,1-4H3. The van der Waals surface area contributed by atoms with Crippen LogP contribution in [0.15, 0.2) is 18.2 Å². The van der Waals surface area contributed by atoms with Crippen molar-refractivity contribution in [3.05, 3.63) is 51.7 Å². The molecular weight excluding hydrogens is 381 g/mol. The Balaban J connectivity index is 1.89. The first-order valence-corrected chi connectivity index (χ1v) is 9.64. The Labute approximate surface area is 169 Å². The number of rotatable bonds is 3. The van der Waals surface area contributed by atoms with Crippen molar-refractivity contribution in [2.24, 2.45) is 0 Å². The highest BCUT2D eigenvalue weighted by Crippen LogP contribution is 2.29. The maximum absolute atomic E-state index is 14.3. The Hall–Kier alpha value is -2.41. The second-order valence-corrected chi connectivity index (χ2v) is 7.59. The van der Waals surface area contributed by atoms with Gasteiger partial charge in [0.15, 0.2) is 0 Å². The molecule has 8 heteroatoms. The van der Waals surface area contributed by atoms with E-state index in [4.69, 9.17) is 11.6 Å². The molecule has 0 N–H and O–H groups in total. The van der Waals surface area contributed by atoms with Gasteiger partial charge in [-0.05, 0) is 26.0 Å². The van der Waals surface area contributed by atoms with Gasteiger partial charge >= 0.3 is 6.03 Å². The summed E-state index contributed by atoms with van der Waals surface area (Å²) in [5.41, 5.74) is 2.13. The van der Waals surface area contributed by atoms with Crippen LogP contribution in [0.5, 0.6) is 0 Å². The number of nitrogens with zero attached hydrogens (tertiary/aromatic N) is 5. The lowest BCUT2D eigenvalue weighted by Crippen LogP contribution is -2.52. The molecule has 2 amide bonds. The maximum atomic E-state index is 14.3. The van der Waals surface area contributed by atoms with Crippen molar-refractivity contribution in [2.45, 2.75) is 20.3 Å². The molecule has 0 aliphatic carbocycles. The van der Waals surface area contributed by atoms with Gasteiger partial charge in [-0.2, -0.15) is 0 Å². The van der Waals surface area contributed by atoms with Crippen LogP contribution in [0.3, 0.4) is 0 Å². The zero-order valence-corrected chi connectivity index (χ0v) is 17.4. The molecule has 150 valence electrons. The summed E-state index contributed by atoms with van der Waals surface area (Å²) >= 11 is 6.24. The van der Waals surface area contributed by atoms with Gasteiger partial charge in [-0.3, -0.25) is 0 Å². The lowest BCUT2D eigenvalue weighted by atomic mass is 10.0. The van der Waals surface area contributed by atoms with Crippen molar-refractivity contribution in [3.63, 3.8) is 0 Å². The molecule has 0 radical (unpaired) electrons. The van der Waals surface area contributed by atoms with Crippen LogP contribution in [0.4, 0.5) is 15.0 Å². The van der Waals surface area contributed by atoms with Crippen LogP contribution in [0.25, 0.3) is 0 Å². The number of amides is 2. The molecular formula is C20H25ClFN5O. The first kappa shape index (κ1) is 20.3. The molecule has 0 atom stereocenters. The van der Waals surface area contributed by atoms with Gasteiger partial charge in [-0.15, -0.1) is 0 Å². The second-order valence-electron chi connectivity index (χ2n) is 7.19. The van der Waals surface area contributed by atoms with E-state index in [9.17, 15) is 9.18 Å². The van der Waals surface area contributed by atoms with Gasteiger partial charge in [0.05, 0.1) is 0 Å². The van der Waals surface area contributed by atoms with Gasteiger partial charge in [0, 0.05) is 68.5 Å². The number of benzene rings is 1. The third-order valence-electron chi connectivity index (χ3n) is 4.95. The summed E-state index contributed by atoms with van der Waals surface area (Å²) in [5, 5.41) is 0.396. The number of piperazine rings is 1. The molecule has 28 heavy (non-hydrogen) atoms. The molecule has 1 aromatic carbocycles. The number of hydrogen-bond donors (Lipinski definition) is 0. The van der Waals surface area contributed by atoms with Gasteiger partial charge < -0.3 is 14.7 Å². The summed E-state index contributed by atoms with van der Waals surface area (Å²) in [6.45, 7) is 6.30. The fraction of sp³-hybridized carbons (Fsp3) is 0.450. The number of halogens is 2. The highest BCUT2D eigenvalue weighted by atomic mass is 35.5. The topological polar surface area (TPSA) is 52.6 Å². The smallest absolute Gasteiger partial charge is 0.319 e. The second kappa shape index (κ2) is 8.31. The molecule has 1 aromatic heterocycles. The van der Waals surface area contributed by atoms with E-state index >= 15 is 0 Å². The number of anilines is 1. The Kier molecular flexibility index (Phi) is 6.03. The van der Waals surface area contributed by atoms with Gasteiger partial charge in [-0.25, -0.2) is 19.2 Å². The van der Waals surface area contributed by atoms with Gasteiger partial charge in [0.2, 0.25) is 0 Å². The van der Waals surface area contributed by atoms with Crippen LogP contribution >= 0.6 is 11.6 Å². The molecule has 0 spiro atoms. The molecule has 1 aliphatic heterocycles. The van der Waals surface area contributed by atoms with Crippen LogP contribution in [0.2, 0.25) is 5.02 Å². The third-order valence-corrected chi connectivity index (χ3v) is 5.31. The van der Waals surface area contributed by atoms with Crippen molar-refractivity contribution >= 4 is 23.4 Å². The van der Waals surface area contributed by atoms with Crippen LogP contribution in [-0.4, -0.2) is 66.1 Å². The van der Waals surface area contributed by atoms with Crippen molar-refractivity contribution in [1.29, 1.82) is 0 Å². The molecule has 6 nitrogen and oxygen atoms in total. The molecule has 0 saturated carbocycles. The van der Waals surface area contributed by atoms with E-state index in [-0.39, 0.29) is 11.8 Å². The highest BCUT2D eigenvalue weighted by Gasteiger charge is 2.26. The van der Waals surface area contributed by atoms with Gasteiger partial charge in [0.1, 0.15) is 17.5 Å². The fourth-order valence-corrected chi connectivity index (χ4v) is 3.69. The first-order chi connectivity index (χ1) is 13.3. The first-order valence-electron chi connectivity index (χ1n) is 9.26. The number of carbonyl (C=O) groups excluding carboxylic acids is 1. The lowest BCUT2D eigenvalue weighted by molar-refractivity contribution is 0.168. The third kappa shape index (κ3) is 4.19. The van der Waals surface area contributed by atoms with Crippen LogP contribution in [0.1, 0.15) is 22.6 Å². The van der Waals surface area contributed by atoms with E-state index in [1.165, 1.54) is 6.07 Å². The fourth-order valence-electron chi connectivity index (χ4n) is 3.46. The highest BCUT2D eigenvalue weighted by molar-refractivity contribution is 6.31. The largest absolute Gasteiger partial charge is 0.353 e. The van der Waals surface area contributed by atoms with E-state index in [1.807, 2.05) is 18.7 Å². The van der Waals surface area contributed by atoms with E-state index < -0.39 is 0 Å². The summed E-state index contributed by atoms with van der Waals surface area (Å²) < 4.78 is 14.3. The number of carbonyl (C=O) groups is 1. The summed E-state index contributed by atoms with van der Waals surface area (Å²) in [6.07, 6.45) is 0.323. The van der Waals surface area contributed by atoms with Crippen molar-refractivity contribution in [3.8, 4) is 0 Å². The summed E-state index contributed by atoms with van der Waals surface area (Å²) in [4.78, 5) is 26.9. The number of aromatic nitrogens is 2. The Morgan fingerprint density at radius 3 is 2.43 bits per heavy atom. The zero-order chi connectivity index (χ0) is 20.4. The number of aryl methyl sites for hydroxylation is 2. The van der Waals surface area contributed by atoms with Crippen molar-refractivity contribution in [2.75, 3.05) is 45.2 Å². The average Bonchev–Trinajstić information content (AvgIpc) is 2.65. The van der Waals surface area contributed by atoms with E-state index in [1.54, 1.807) is 31.1 Å². The van der Waals surface area contributed by atoms with Crippen LogP contribution in [0, 0.1) is 19.7 Å². The predicted molar refractivity (Wildman–Crippen MR) is 109 cm³/mol. The Bertz CT molecular complexity index is 861. The Morgan fingerprint density at radius 1 is 1.14 bits per heavy atom. The van der Waals surface area contributed by atoms with Crippen LogP contribution < -0.4 is 4.90 Å². The SMILES string of the molecule is Cc1nc(C)c(Cc2c(F)cccc2Cl)c(N2CCN(C(=O)N(C)C)CC2)n1. The van der Waals surface area contributed by atoms with Gasteiger partial charge in [0.25, 0.3) is 0 Å². The van der Waals surface area contributed by atoms with Crippen molar-refractivity contribution < 1.29 is 9.18 Å². The zero-order valence-electron chi connectivity index (χ0n) is 16.7. The number of urea groups is 1. The number of hydrogen-bond acceptors (Lipinski definition) is 4. The predicted octanol–water partition coefficient (Wildman–Crippen LogP) is 3.28. The van der Waals surface area contributed by atoms with Crippen molar-refractivity contribution in [1.82, 2.24) is 19.8 Å². The van der Waals surface area contributed by atoms with Gasteiger partial charge in [-0.1, -0.05) is 17.7 Å². The molecule has 2 heterocycles. The monoisotopic (exact) mass is 405 g/mol. The van der Waals surface area contributed by atoms with Crippen LogP contribution in [-0.2, 0) is 6.42 Å². The van der Waals surface area contributed by atoms with E-state index in [0.717, 1.165) is 17.1 Å². The summed E-state index contributed by atoms with van der Waals surface area (Å²) in [5.74, 6) is 1.13. The normalized spacial score (nSPS) is 14.4. The average molecular weight is 406 g/mol. The minimum absolute atomic E-state index is 0.00746. The minimum Gasteiger partial charge on any atom is -0.353 e. The molecule has 0 bridgehead atoms. The van der Waals surface area contributed by atoms with E-state index in [0.29, 0.717) is 49.0 Å². The Morgan fingerprint density at radius 2 is 1.82 bits per heavy atom. The summed E-state index contributed by atoms with van der Waals surface area (Å²) in [7, 11) is 3.50. The maximum Gasteiger partial charge on any atom is 0.319 e. The molecule has 2 aromatic rings. The van der Waals surface area contributed by atoms with E-state index in [2.05, 4.69) is 14.9 Å². The molecule has 0 unspecified atom stereocenters. The summed E-state index contributed by atoms with van der Waals surface area (Å²) in [6, 6.07) is 4.71. The quantitative estimate of drug-likeness (QED) is 0.786. The molecule has 1 aliphatic rings. The molecule has 1 saturated heterocycles. The molecule has 1 fully saturated rings. The molecule has 3 rings (SSSR count). The lowest BCUT2D eigenvalue weighted by Gasteiger charge is -2.37. The minimum atomic E-state index is -0.333.